The Kier molecular flexibility index (Phi) is 5.03. The molecule has 0 radical (unpaired) electrons. The molecule has 25 heavy (non-hydrogen) atoms. The summed E-state index contributed by atoms with van der Waals surface area (Å²) in [7, 11) is 2.95. The molecule has 0 aromatic heterocycles. The van der Waals surface area contributed by atoms with Crippen molar-refractivity contribution >= 4 is 51.2 Å². The van der Waals surface area contributed by atoms with Crippen molar-refractivity contribution in [2.75, 3.05) is 19.0 Å². The molecule has 0 amide bonds. The summed E-state index contributed by atoms with van der Waals surface area (Å²) in [5, 5.41) is -8.32. The molecular weight excluding hydrogens is 385 g/mol. The lowest BCUT2D eigenvalue weighted by molar-refractivity contribution is 0.0530. The minimum absolute atomic E-state index is 0.0235. The van der Waals surface area contributed by atoms with Gasteiger partial charge in [0, 0.05) is 25.0 Å². The fraction of sp³-hybridized carbons (Fsp3) is 0.250. The second kappa shape index (κ2) is 6.46. The molecule has 0 aliphatic rings. The molecule has 134 valence electrons. The molecule has 0 atom stereocenters. The van der Waals surface area contributed by atoms with E-state index in [1.165, 1.54) is 43.3 Å². The highest BCUT2D eigenvalue weighted by atomic mass is 35.5. The van der Waals surface area contributed by atoms with Gasteiger partial charge in [-0.05, 0) is 34.7 Å². The highest BCUT2D eigenvalue weighted by molar-refractivity contribution is 6.38. The van der Waals surface area contributed by atoms with E-state index in [9.17, 15) is 27.2 Å². The number of nitrogens with zero attached hydrogens (tertiary/aromatic N) is 1. The SMILES string of the molecule is CN(C)c1c(C(=O)C(F)(F)Cl)cc(C(=O)C(F)(F)Cl)c2ccccc12. The standard InChI is InChI=1S/C16H11Cl2F4NO2/c1-23(2)12-9-6-4-3-5-8(9)10(13(24)15(17,19)20)7-11(12)14(25)16(18,21)22/h3-7H,1-2H3. The average Bonchev–Trinajstić information content (AvgIpc) is 2.49. The summed E-state index contributed by atoms with van der Waals surface area (Å²) in [6, 6.07) is 6.43. The molecular formula is C16H11Cl2F4NO2. The van der Waals surface area contributed by atoms with Gasteiger partial charge >= 0.3 is 10.8 Å². The molecule has 0 aliphatic heterocycles. The van der Waals surface area contributed by atoms with Crippen LogP contribution in [0.4, 0.5) is 23.2 Å². The van der Waals surface area contributed by atoms with Crippen LogP contribution in [-0.2, 0) is 0 Å². The molecule has 0 N–H and O–H groups in total. The Morgan fingerprint density at radius 1 is 0.880 bits per heavy atom. The maximum absolute atomic E-state index is 13.4. The number of halogens is 6. The van der Waals surface area contributed by atoms with Crippen LogP contribution in [-0.4, -0.2) is 36.4 Å². The second-order valence-corrected chi connectivity index (χ2v) is 6.36. The van der Waals surface area contributed by atoms with Crippen molar-refractivity contribution in [3.63, 3.8) is 0 Å². The summed E-state index contributed by atoms with van der Waals surface area (Å²) >= 11 is 9.60. The van der Waals surface area contributed by atoms with Crippen LogP contribution in [0, 0.1) is 0 Å². The Labute approximate surface area is 150 Å². The number of carbonyl (C=O) groups excluding carboxylic acids is 2. The highest BCUT2D eigenvalue weighted by Gasteiger charge is 2.42. The third kappa shape index (κ3) is 3.72. The number of Topliss-reactive ketones (excluding diaryl/α,β-unsaturated/α-hetero) is 2. The number of hydrogen-bond acceptors (Lipinski definition) is 3. The van der Waals surface area contributed by atoms with Crippen molar-refractivity contribution in [2.45, 2.75) is 10.8 Å². The topological polar surface area (TPSA) is 37.4 Å². The second-order valence-electron chi connectivity index (χ2n) is 5.41. The maximum Gasteiger partial charge on any atom is 0.385 e. The Hall–Kier alpha value is -1.86. The summed E-state index contributed by atoms with van der Waals surface area (Å²) in [6.07, 6.45) is 0. The van der Waals surface area contributed by atoms with E-state index in [0.29, 0.717) is 6.07 Å². The van der Waals surface area contributed by atoms with Crippen molar-refractivity contribution in [3.05, 3.63) is 41.5 Å². The molecule has 0 unspecified atom stereocenters. The number of ketones is 2. The van der Waals surface area contributed by atoms with Crippen LogP contribution in [0.2, 0.25) is 0 Å². The van der Waals surface area contributed by atoms with Crippen molar-refractivity contribution in [2.24, 2.45) is 0 Å². The summed E-state index contributed by atoms with van der Waals surface area (Å²) in [5.41, 5.74) is -1.28. The van der Waals surface area contributed by atoms with Gasteiger partial charge in [0.2, 0.25) is 11.6 Å². The lowest BCUT2D eigenvalue weighted by atomic mass is 9.93. The fourth-order valence-electron chi connectivity index (χ4n) is 2.51. The smallest absolute Gasteiger partial charge is 0.377 e. The van der Waals surface area contributed by atoms with E-state index < -0.39 is 33.5 Å². The number of anilines is 1. The molecule has 3 nitrogen and oxygen atoms in total. The Balaban J connectivity index is 2.95. The van der Waals surface area contributed by atoms with Crippen LogP contribution in [0.15, 0.2) is 30.3 Å². The van der Waals surface area contributed by atoms with E-state index in [4.69, 9.17) is 23.2 Å². The van der Waals surface area contributed by atoms with Gasteiger partial charge in [0.25, 0.3) is 0 Å². The van der Waals surface area contributed by atoms with Crippen LogP contribution in [0.25, 0.3) is 10.8 Å². The van der Waals surface area contributed by atoms with Crippen molar-refractivity contribution < 1.29 is 27.2 Å². The lowest BCUT2D eigenvalue weighted by Gasteiger charge is -2.22. The van der Waals surface area contributed by atoms with Crippen LogP contribution in [0.1, 0.15) is 20.7 Å². The van der Waals surface area contributed by atoms with Crippen LogP contribution in [0.3, 0.4) is 0 Å². The van der Waals surface area contributed by atoms with Crippen molar-refractivity contribution in [1.82, 2.24) is 0 Å². The first-order chi connectivity index (χ1) is 11.4. The Morgan fingerprint density at radius 3 is 1.76 bits per heavy atom. The maximum atomic E-state index is 13.4. The number of carbonyl (C=O) groups is 2. The van der Waals surface area contributed by atoms with E-state index in [-0.39, 0.29) is 16.5 Å². The van der Waals surface area contributed by atoms with E-state index in [1.54, 1.807) is 0 Å². The third-order valence-electron chi connectivity index (χ3n) is 3.47. The first kappa shape index (κ1) is 19.5. The minimum Gasteiger partial charge on any atom is -0.377 e. The zero-order valence-electron chi connectivity index (χ0n) is 12.9. The van der Waals surface area contributed by atoms with Crippen LogP contribution >= 0.6 is 23.2 Å². The van der Waals surface area contributed by atoms with Gasteiger partial charge in [0.15, 0.2) is 0 Å². The predicted octanol–water partition coefficient (Wildman–Crippen LogP) is 4.93. The summed E-state index contributed by atoms with van der Waals surface area (Å²) in [5.74, 6) is -3.61. The third-order valence-corrected chi connectivity index (χ3v) is 3.81. The Morgan fingerprint density at radius 2 is 1.32 bits per heavy atom. The van der Waals surface area contributed by atoms with Gasteiger partial charge in [-0.3, -0.25) is 9.59 Å². The number of alkyl halides is 6. The predicted molar refractivity (Wildman–Crippen MR) is 88.5 cm³/mol. The van der Waals surface area contributed by atoms with E-state index in [2.05, 4.69) is 0 Å². The van der Waals surface area contributed by atoms with Gasteiger partial charge in [-0.15, -0.1) is 0 Å². The number of benzene rings is 2. The highest BCUT2D eigenvalue weighted by Crippen LogP contribution is 2.38. The van der Waals surface area contributed by atoms with Gasteiger partial charge in [-0.25, -0.2) is 0 Å². The number of rotatable bonds is 5. The largest absolute Gasteiger partial charge is 0.385 e. The normalized spacial score (nSPS) is 12.3. The molecule has 9 heteroatoms. The van der Waals surface area contributed by atoms with Gasteiger partial charge in [0.05, 0.1) is 11.3 Å². The molecule has 0 bridgehead atoms. The number of hydrogen-bond donors (Lipinski definition) is 0. The molecule has 0 fully saturated rings. The molecule has 2 rings (SSSR count). The van der Waals surface area contributed by atoms with Gasteiger partial charge < -0.3 is 4.90 Å². The zero-order chi connectivity index (χ0) is 19.2. The van der Waals surface area contributed by atoms with Gasteiger partial charge in [-0.1, -0.05) is 24.3 Å². The average molecular weight is 396 g/mol. The fourth-order valence-corrected chi connectivity index (χ4v) is 2.71. The molecule has 0 aliphatic carbocycles. The van der Waals surface area contributed by atoms with Gasteiger partial charge in [0.1, 0.15) is 0 Å². The van der Waals surface area contributed by atoms with Crippen LogP contribution in [0.5, 0.6) is 0 Å². The molecule has 0 heterocycles. The molecule has 2 aromatic carbocycles. The summed E-state index contributed by atoms with van der Waals surface area (Å²) < 4.78 is 53.3. The monoisotopic (exact) mass is 395 g/mol. The molecule has 0 saturated heterocycles. The first-order valence-electron chi connectivity index (χ1n) is 6.81. The first-order valence-corrected chi connectivity index (χ1v) is 7.57. The van der Waals surface area contributed by atoms with E-state index in [1.807, 2.05) is 0 Å². The molecule has 0 saturated carbocycles. The van der Waals surface area contributed by atoms with Crippen molar-refractivity contribution in [3.8, 4) is 0 Å². The van der Waals surface area contributed by atoms with Crippen molar-refractivity contribution in [1.29, 1.82) is 0 Å². The quantitative estimate of drug-likeness (QED) is 0.409. The summed E-state index contributed by atoms with van der Waals surface area (Å²) in [6.45, 7) is 0. The Bertz CT molecular complexity index is 858. The molecule has 0 spiro atoms. The van der Waals surface area contributed by atoms with Gasteiger partial charge in [-0.2, -0.15) is 17.6 Å². The minimum atomic E-state index is -4.27. The van der Waals surface area contributed by atoms with Crippen LogP contribution < -0.4 is 4.90 Å². The zero-order valence-corrected chi connectivity index (χ0v) is 14.4. The number of fused-ring (bicyclic) bond motifs is 1. The molecule has 2 aromatic rings. The van der Waals surface area contributed by atoms with E-state index >= 15 is 0 Å². The van der Waals surface area contributed by atoms with E-state index in [0.717, 1.165) is 0 Å². The lowest BCUT2D eigenvalue weighted by Crippen LogP contribution is -2.27. The summed E-state index contributed by atoms with van der Waals surface area (Å²) in [4.78, 5) is 25.3.